The van der Waals surface area contributed by atoms with E-state index in [1.54, 1.807) is 0 Å². The zero-order valence-corrected chi connectivity index (χ0v) is 7.71. The second kappa shape index (κ2) is 2.48. The minimum absolute atomic E-state index is 0.120. The van der Waals surface area contributed by atoms with Gasteiger partial charge in [0.05, 0.1) is 0 Å². The van der Waals surface area contributed by atoms with E-state index in [4.69, 9.17) is 4.74 Å². The highest BCUT2D eigenvalue weighted by atomic mass is 79.9. The summed E-state index contributed by atoms with van der Waals surface area (Å²) >= 11 is 3.39. The number of aliphatic imine (C=N–C) groups is 1. The largest absolute Gasteiger partial charge is 0.471 e. The molecule has 0 saturated heterocycles. The molecule has 0 fully saturated rings. The second-order valence-electron chi connectivity index (χ2n) is 2.63. The van der Waals surface area contributed by atoms with E-state index < -0.39 is 0 Å². The molecule has 2 rings (SSSR count). The maximum atomic E-state index is 5.43. The molecule has 3 heteroatoms. The summed E-state index contributed by atoms with van der Waals surface area (Å²) in [4.78, 5) is 4.29. The van der Waals surface area contributed by atoms with Crippen molar-refractivity contribution in [3.8, 4) is 0 Å². The summed E-state index contributed by atoms with van der Waals surface area (Å²) in [7, 11) is 0. The highest BCUT2D eigenvalue weighted by molar-refractivity contribution is 9.11. The van der Waals surface area contributed by atoms with Gasteiger partial charge >= 0.3 is 0 Å². The Bertz CT molecular complexity index is 267. The number of rotatable bonds is 0. The first kappa shape index (κ1) is 7.10. The minimum atomic E-state index is 0.120. The molecule has 58 valence electrons. The average molecular weight is 214 g/mol. The highest BCUT2D eigenvalue weighted by Gasteiger charge is 2.27. The molecule has 0 aromatic carbocycles. The standard InChI is InChI=1S/C8H8BrNO/c1-5-10-7-3-2-6(9)4-8(7)11-5/h2-4,7-8H,1H3. The van der Waals surface area contributed by atoms with Crippen LogP contribution in [0.25, 0.3) is 0 Å². The predicted molar refractivity (Wildman–Crippen MR) is 47.9 cm³/mol. The normalized spacial score (nSPS) is 34.0. The molecule has 0 aromatic rings. The molecule has 2 aliphatic rings. The van der Waals surface area contributed by atoms with Gasteiger partial charge in [0, 0.05) is 11.4 Å². The van der Waals surface area contributed by atoms with Gasteiger partial charge in [0.1, 0.15) is 12.1 Å². The van der Waals surface area contributed by atoms with Gasteiger partial charge in [-0.05, 0) is 12.2 Å². The lowest BCUT2D eigenvalue weighted by Gasteiger charge is -2.13. The molecule has 2 atom stereocenters. The highest BCUT2D eigenvalue weighted by Crippen LogP contribution is 2.24. The van der Waals surface area contributed by atoms with Crippen LogP contribution in [0.3, 0.4) is 0 Å². The van der Waals surface area contributed by atoms with Gasteiger partial charge in [0.25, 0.3) is 0 Å². The number of hydrogen-bond donors (Lipinski definition) is 0. The molecule has 0 radical (unpaired) electrons. The van der Waals surface area contributed by atoms with E-state index in [0.29, 0.717) is 0 Å². The number of hydrogen-bond acceptors (Lipinski definition) is 2. The first-order valence-corrected chi connectivity index (χ1v) is 4.31. The van der Waals surface area contributed by atoms with E-state index >= 15 is 0 Å². The molecule has 0 aromatic heterocycles. The van der Waals surface area contributed by atoms with E-state index in [1.807, 2.05) is 25.2 Å². The lowest BCUT2D eigenvalue weighted by atomic mass is 10.1. The lowest BCUT2D eigenvalue weighted by molar-refractivity contribution is 0.252. The SMILES string of the molecule is CC1=NC2C=CC(Br)=CC2O1. The monoisotopic (exact) mass is 213 g/mol. The quantitative estimate of drug-likeness (QED) is 0.604. The Labute approximate surface area is 73.8 Å². The molecule has 0 saturated carbocycles. The van der Waals surface area contributed by atoms with Gasteiger partial charge in [-0.3, -0.25) is 0 Å². The predicted octanol–water partition coefficient (Wildman–Crippen LogP) is 2.02. The third-order valence-electron chi connectivity index (χ3n) is 1.75. The first-order chi connectivity index (χ1) is 5.25. The van der Waals surface area contributed by atoms with Crippen LogP contribution in [0.2, 0.25) is 0 Å². The van der Waals surface area contributed by atoms with Crippen molar-refractivity contribution in [3.63, 3.8) is 0 Å². The Morgan fingerprint density at radius 1 is 1.64 bits per heavy atom. The molecule has 2 nitrogen and oxygen atoms in total. The van der Waals surface area contributed by atoms with Crippen molar-refractivity contribution in [3.05, 3.63) is 22.7 Å². The Kier molecular flexibility index (Phi) is 1.60. The maximum Gasteiger partial charge on any atom is 0.181 e. The summed E-state index contributed by atoms with van der Waals surface area (Å²) in [5, 5.41) is 0. The van der Waals surface area contributed by atoms with Crippen molar-refractivity contribution < 1.29 is 4.74 Å². The molecule has 1 aliphatic carbocycles. The van der Waals surface area contributed by atoms with Crippen LogP contribution in [0.5, 0.6) is 0 Å². The van der Waals surface area contributed by atoms with Crippen LogP contribution >= 0.6 is 15.9 Å². The van der Waals surface area contributed by atoms with Crippen molar-refractivity contribution in [1.29, 1.82) is 0 Å². The van der Waals surface area contributed by atoms with E-state index in [9.17, 15) is 0 Å². The Morgan fingerprint density at radius 3 is 3.27 bits per heavy atom. The Balaban J connectivity index is 2.25. The zero-order chi connectivity index (χ0) is 7.84. The van der Waals surface area contributed by atoms with Crippen LogP contribution in [-0.4, -0.2) is 18.0 Å². The number of halogens is 1. The molecule has 0 amide bonds. The van der Waals surface area contributed by atoms with Gasteiger partial charge in [0.15, 0.2) is 5.90 Å². The Hall–Kier alpha value is -0.570. The van der Waals surface area contributed by atoms with Crippen LogP contribution < -0.4 is 0 Å². The first-order valence-electron chi connectivity index (χ1n) is 3.52. The third kappa shape index (κ3) is 1.25. The molecule has 0 N–H and O–H groups in total. The molecule has 11 heavy (non-hydrogen) atoms. The molecule has 0 spiro atoms. The van der Waals surface area contributed by atoms with Crippen molar-refractivity contribution in [2.75, 3.05) is 0 Å². The van der Waals surface area contributed by atoms with Crippen molar-refractivity contribution >= 4 is 21.8 Å². The number of nitrogens with zero attached hydrogens (tertiary/aromatic N) is 1. The van der Waals surface area contributed by atoms with Crippen molar-refractivity contribution in [2.24, 2.45) is 4.99 Å². The maximum absolute atomic E-state index is 5.43. The van der Waals surface area contributed by atoms with Crippen molar-refractivity contribution in [2.45, 2.75) is 19.1 Å². The van der Waals surface area contributed by atoms with E-state index in [2.05, 4.69) is 20.9 Å². The topological polar surface area (TPSA) is 21.6 Å². The molecule has 1 heterocycles. The molecular weight excluding hydrogens is 206 g/mol. The van der Waals surface area contributed by atoms with E-state index in [-0.39, 0.29) is 12.1 Å². The van der Waals surface area contributed by atoms with Gasteiger partial charge in [-0.1, -0.05) is 22.0 Å². The summed E-state index contributed by atoms with van der Waals surface area (Å²) in [6.07, 6.45) is 6.21. The van der Waals surface area contributed by atoms with Gasteiger partial charge in [0.2, 0.25) is 0 Å². The van der Waals surface area contributed by atoms with Crippen LogP contribution in [0.4, 0.5) is 0 Å². The lowest BCUT2D eigenvalue weighted by Crippen LogP contribution is -2.19. The van der Waals surface area contributed by atoms with E-state index in [0.717, 1.165) is 10.4 Å². The van der Waals surface area contributed by atoms with Gasteiger partial charge in [-0.25, -0.2) is 4.99 Å². The van der Waals surface area contributed by atoms with Crippen LogP contribution in [0.1, 0.15) is 6.92 Å². The average Bonchev–Trinajstić information content (AvgIpc) is 2.27. The fourth-order valence-electron chi connectivity index (χ4n) is 1.27. The van der Waals surface area contributed by atoms with Gasteiger partial charge in [-0.2, -0.15) is 0 Å². The number of fused-ring (bicyclic) bond motifs is 1. The second-order valence-corrected chi connectivity index (χ2v) is 3.55. The molecule has 0 bridgehead atoms. The fraction of sp³-hybridized carbons (Fsp3) is 0.375. The minimum Gasteiger partial charge on any atom is -0.471 e. The summed E-state index contributed by atoms with van der Waals surface area (Å²) < 4.78 is 6.50. The van der Waals surface area contributed by atoms with Crippen LogP contribution in [-0.2, 0) is 4.74 Å². The number of allylic oxidation sites excluding steroid dienone is 2. The van der Waals surface area contributed by atoms with Crippen molar-refractivity contribution in [1.82, 2.24) is 0 Å². The summed E-state index contributed by atoms with van der Waals surface area (Å²) in [6.45, 7) is 1.88. The molecule has 1 aliphatic heterocycles. The number of ether oxygens (including phenoxy) is 1. The summed E-state index contributed by atoms with van der Waals surface area (Å²) in [5.74, 6) is 0.781. The van der Waals surface area contributed by atoms with Gasteiger partial charge < -0.3 is 4.74 Å². The Morgan fingerprint density at radius 2 is 2.45 bits per heavy atom. The molecular formula is C8H8BrNO. The fourth-order valence-corrected chi connectivity index (χ4v) is 1.68. The zero-order valence-electron chi connectivity index (χ0n) is 6.12. The smallest absolute Gasteiger partial charge is 0.181 e. The third-order valence-corrected chi connectivity index (χ3v) is 2.28. The summed E-state index contributed by atoms with van der Waals surface area (Å²) in [6, 6.07) is 0.205. The van der Waals surface area contributed by atoms with E-state index in [1.165, 1.54) is 0 Å². The molecule has 2 unspecified atom stereocenters. The van der Waals surface area contributed by atoms with Crippen LogP contribution in [0.15, 0.2) is 27.7 Å². The summed E-state index contributed by atoms with van der Waals surface area (Å²) in [5.41, 5.74) is 0. The van der Waals surface area contributed by atoms with Crippen LogP contribution in [0, 0.1) is 0 Å². The van der Waals surface area contributed by atoms with Gasteiger partial charge in [-0.15, -0.1) is 0 Å².